The van der Waals surface area contributed by atoms with Crippen LogP contribution >= 0.6 is 0 Å². The maximum Gasteiger partial charge on any atom is 0.303 e. The monoisotopic (exact) mass is 186 g/mol. The van der Waals surface area contributed by atoms with Crippen molar-refractivity contribution in [3.8, 4) is 0 Å². The maximum atomic E-state index is 11.3. The molecule has 3 heteroatoms. The predicted molar refractivity (Wildman–Crippen MR) is 50.4 cm³/mol. The first-order chi connectivity index (χ1) is 6.11. The largest absolute Gasteiger partial charge is 0.455 e. The third-order valence-corrected chi connectivity index (χ3v) is 1.84. The molecule has 0 aliphatic rings. The molecule has 0 bridgehead atoms. The highest BCUT2D eigenvalue weighted by atomic mass is 16.5. The Labute approximate surface area is 79.5 Å². The van der Waals surface area contributed by atoms with E-state index in [2.05, 4.69) is 0 Å². The number of ketones is 1. The molecule has 0 N–H and O–H groups in total. The number of carbonyl (C=O) groups is 2. The lowest BCUT2D eigenvalue weighted by Gasteiger charge is -2.14. The summed E-state index contributed by atoms with van der Waals surface area (Å²) in [5, 5.41) is 0. The van der Waals surface area contributed by atoms with E-state index in [0.29, 0.717) is 12.8 Å². The topological polar surface area (TPSA) is 43.4 Å². The zero-order valence-electron chi connectivity index (χ0n) is 8.63. The van der Waals surface area contributed by atoms with E-state index in [9.17, 15) is 9.59 Å². The fraction of sp³-hybridized carbons (Fsp3) is 0.800. The average Bonchev–Trinajstić information content (AvgIpc) is 2.10. The van der Waals surface area contributed by atoms with Gasteiger partial charge in [0.2, 0.25) is 0 Å². The van der Waals surface area contributed by atoms with E-state index in [1.54, 1.807) is 6.92 Å². The van der Waals surface area contributed by atoms with Gasteiger partial charge >= 0.3 is 5.97 Å². The van der Waals surface area contributed by atoms with Gasteiger partial charge in [-0.1, -0.05) is 20.3 Å². The smallest absolute Gasteiger partial charge is 0.303 e. The number of esters is 1. The van der Waals surface area contributed by atoms with Crippen molar-refractivity contribution < 1.29 is 14.3 Å². The number of ether oxygens (including phenoxy) is 1. The minimum Gasteiger partial charge on any atom is -0.455 e. The number of rotatable bonds is 6. The van der Waals surface area contributed by atoms with Crippen molar-refractivity contribution in [2.45, 2.75) is 52.6 Å². The minimum atomic E-state index is -0.512. The molecule has 0 heterocycles. The molecule has 1 unspecified atom stereocenters. The zero-order chi connectivity index (χ0) is 10.3. The summed E-state index contributed by atoms with van der Waals surface area (Å²) >= 11 is 0. The van der Waals surface area contributed by atoms with Gasteiger partial charge in [0.05, 0.1) is 0 Å². The van der Waals surface area contributed by atoms with Crippen LogP contribution in [0.15, 0.2) is 0 Å². The molecule has 0 aromatic carbocycles. The second-order valence-corrected chi connectivity index (χ2v) is 3.06. The molecular weight excluding hydrogens is 168 g/mol. The quantitative estimate of drug-likeness (QED) is 0.596. The molecule has 0 rings (SSSR count). The van der Waals surface area contributed by atoms with Gasteiger partial charge in [0, 0.05) is 13.3 Å². The number of hydrogen-bond donors (Lipinski definition) is 0. The summed E-state index contributed by atoms with van der Waals surface area (Å²) in [5.74, 6) is -0.355. The normalized spacial score (nSPS) is 12.2. The fourth-order valence-electron chi connectivity index (χ4n) is 1.10. The van der Waals surface area contributed by atoms with Crippen LogP contribution < -0.4 is 0 Å². The number of carbonyl (C=O) groups excluding carboxylic acids is 2. The van der Waals surface area contributed by atoms with Gasteiger partial charge in [0.1, 0.15) is 0 Å². The van der Waals surface area contributed by atoms with E-state index in [0.717, 1.165) is 12.8 Å². The first-order valence-corrected chi connectivity index (χ1v) is 4.81. The van der Waals surface area contributed by atoms with Crippen LogP contribution in [0.3, 0.4) is 0 Å². The summed E-state index contributed by atoms with van der Waals surface area (Å²) in [7, 11) is 0. The van der Waals surface area contributed by atoms with Crippen molar-refractivity contribution in [1.82, 2.24) is 0 Å². The fourth-order valence-corrected chi connectivity index (χ4v) is 1.10. The van der Waals surface area contributed by atoms with Crippen molar-refractivity contribution in [3.05, 3.63) is 0 Å². The Kier molecular flexibility index (Phi) is 6.20. The van der Waals surface area contributed by atoms with Crippen molar-refractivity contribution in [2.24, 2.45) is 0 Å². The Bertz CT molecular complexity index is 175. The molecule has 0 fully saturated rings. The molecule has 0 aliphatic carbocycles. The Morgan fingerprint density at radius 2 is 1.92 bits per heavy atom. The van der Waals surface area contributed by atoms with Gasteiger partial charge in [-0.2, -0.15) is 0 Å². The summed E-state index contributed by atoms with van der Waals surface area (Å²) in [4.78, 5) is 21.9. The van der Waals surface area contributed by atoms with E-state index in [1.807, 2.05) is 6.92 Å². The van der Waals surface area contributed by atoms with E-state index >= 15 is 0 Å². The SMILES string of the molecule is CCCCC(OC(C)=O)C(=O)CC. The van der Waals surface area contributed by atoms with Crippen LogP contribution in [0.2, 0.25) is 0 Å². The summed E-state index contributed by atoms with van der Waals surface area (Å²) in [6.45, 7) is 5.16. The lowest BCUT2D eigenvalue weighted by atomic mass is 10.1. The molecule has 1 atom stereocenters. The summed E-state index contributed by atoms with van der Waals surface area (Å²) in [6.07, 6.45) is 2.51. The molecule has 13 heavy (non-hydrogen) atoms. The standard InChI is InChI=1S/C10H18O3/c1-4-6-7-10(9(12)5-2)13-8(3)11/h10H,4-7H2,1-3H3. The molecule has 3 nitrogen and oxygen atoms in total. The second-order valence-electron chi connectivity index (χ2n) is 3.06. The number of hydrogen-bond acceptors (Lipinski definition) is 3. The van der Waals surface area contributed by atoms with Crippen LogP contribution in [-0.2, 0) is 14.3 Å². The highest BCUT2D eigenvalue weighted by molar-refractivity contribution is 5.84. The second kappa shape index (κ2) is 6.63. The minimum absolute atomic E-state index is 0.0173. The summed E-state index contributed by atoms with van der Waals surface area (Å²) in [6, 6.07) is 0. The highest BCUT2D eigenvalue weighted by Gasteiger charge is 2.18. The van der Waals surface area contributed by atoms with Crippen molar-refractivity contribution in [2.75, 3.05) is 0 Å². The Hall–Kier alpha value is -0.860. The Balaban J connectivity index is 4.02. The molecule has 0 aromatic heterocycles. The predicted octanol–water partition coefficient (Wildman–Crippen LogP) is 2.09. The van der Waals surface area contributed by atoms with Crippen molar-refractivity contribution in [3.63, 3.8) is 0 Å². The van der Waals surface area contributed by atoms with E-state index < -0.39 is 6.10 Å². The van der Waals surface area contributed by atoms with Gasteiger partial charge in [-0.25, -0.2) is 0 Å². The number of unbranched alkanes of at least 4 members (excludes halogenated alkanes) is 1. The number of Topliss-reactive ketones (excluding diaryl/α,β-unsaturated/α-hetero) is 1. The van der Waals surface area contributed by atoms with Crippen LogP contribution in [0.1, 0.15) is 46.5 Å². The molecule has 0 spiro atoms. The van der Waals surface area contributed by atoms with Crippen LogP contribution in [0.5, 0.6) is 0 Å². The third kappa shape index (κ3) is 5.39. The zero-order valence-corrected chi connectivity index (χ0v) is 8.63. The van der Waals surface area contributed by atoms with E-state index in [1.165, 1.54) is 6.92 Å². The van der Waals surface area contributed by atoms with Gasteiger partial charge in [-0.15, -0.1) is 0 Å². The molecule has 0 aliphatic heterocycles. The van der Waals surface area contributed by atoms with Gasteiger partial charge in [0.25, 0.3) is 0 Å². The molecule has 0 radical (unpaired) electrons. The maximum absolute atomic E-state index is 11.3. The third-order valence-electron chi connectivity index (χ3n) is 1.84. The summed E-state index contributed by atoms with van der Waals surface area (Å²) < 4.78 is 4.92. The van der Waals surface area contributed by atoms with Crippen LogP contribution in [-0.4, -0.2) is 17.9 Å². The average molecular weight is 186 g/mol. The Morgan fingerprint density at radius 3 is 2.31 bits per heavy atom. The van der Waals surface area contributed by atoms with Crippen LogP contribution in [0.4, 0.5) is 0 Å². The van der Waals surface area contributed by atoms with Crippen molar-refractivity contribution in [1.29, 1.82) is 0 Å². The lowest BCUT2D eigenvalue weighted by molar-refractivity contribution is -0.153. The highest BCUT2D eigenvalue weighted by Crippen LogP contribution is 2.08. The lowest BCUT2D eigenvalue weighted by Crippen LogP contribution is -2.25. The molecule has 0 aromatic rings. The van der Waals surface area contributed by atoms with Gasteiger partial charge < -0.3 is 4.74 Å². The first-order valence-electron chi connectivity index (χ1n) is 4.81. The van der Waals surface area contributed by atoms with Crippen LogP contribution in [0, 0.1) is 0 Å². The van der Waals surface area contributed by atoms with Crippen LogP contribution in [0.25, 0.3) is 0 Å². The van der Waals surface area contributed by atoms with E-state index in [4.69, 9.17) is 4.74 Å². The Morgan fingerprint density at radius 1 is 1.31 bits per heavy atom. The molecule has 0 amide bonds. The van der Waals surface area contributed by atoms with Gasteiger partial charge in [0.15, 0.2) is 11.9 Å². The first kappa shape index (κ1) is 12.1. The molecule has 0 saturated heterocycles. The van der Waals surface area contributed by atoms with Gasteiger partial charge in [-0.05, 0) is 12.8 Å². The molecular formula is C10H18O3. The summed E-state index contributed by atoms with van der Waals surface area (Å²) in [5.41, 5.74) is 0. The molecule has 76 valence electrons. The van der Waals surface area contributed by atoms with E-state index in [-0.39, 0.29) is 11.8 Å². The van der Waals surface area contributed by atoms with Gasteiger partial charge in [-0.3, -0.25) is 9.59 Å². The van der Waals surface area contributed by atoms with Crippen molar-refractivity contribution >= 4 is 11.8 Å². The molecule has 0 saturated carbocycles.